The average Bonchev–Trinajstić information content (AvgIpc) is 3.24. The number of anilines is 3. The lowest BCUT2D eigenvalue weighted by Crippen LogP contribution is -2.10. The van der Waals surface area contributed by atoms with Gasteiger partial charge in [0.2, 0.25) is 0 Å². The standard InChI is InChI=1S/C52H35N/c1-2-13-36(14-3-1)39-17-12-18-40(33-39)37-25-29-43(30-26-37)53(52-35-42-16-5-7-20-46(42)48-22-10-11-24-50(48)52)44-31-27-38(28-32-44)51-34-41-15-4-6-19-45(41)47-21-8-9-23-49(47)51/h1-35H. The van der Waals surface area contributed by atoms with E-state index < -0.39 is 0 Å². The maximum Gasteiger partial charge on any atom is 0.0546 e. The second-order valence-corrected chi connectivity index (χ2v) is 13.7. The lowest BCUT2D eigenvalue weighted by Gasteiger charge is -2.28. The molecule has 1 nitrogen and oxygen atoms in total. The van der Waals surface area contributed by atoms with Crippen LogP contribution >= 0.6 is 0 Å². The van der Waals surface area contributed by atoms with Crippen LogP contribution in [0.1, 0.15) is 0 Å². The number of hydrogen-bond acceptors (Lipinski definition) is 1. The van der Waals surface area contributed by atoms with Crippen LogP contribution in [-0.2, 0) is 0 Å². The third-order valence-electron chi connectivity index (χ3n) is 10.6. The molecule has 0 bridgehead atoms. The molecule has 0 aliphatic carbocycles. The zero-order valence-electron chi connectivity index (χ0n) is 29.2. The predicted octanol–water partition coefficient (Wildman–Crippen LogP) is 14.8. The van der Waals surface area contributed by atoms with Gasteiger partial charge in [-0.3, -0.25) is 0 Å². The summed E-state index contributed by atoms with van der Waals surface area (Å²) in [7, 11) is 0. The Balaban J connectivity index is 1.12. The van der Waals surface area contributed by atoms with Gasteiger partial charge in [-0.15, -0.1) is 0 Å². The summed E-state index contributed by atoms with van der Waals surface area (Å²) in [6.07, 6.45) is 0. The summed E-state index contributed by atoms with van der Waals surface area (Å²) in [4.78, 5) is 2.42. The van der Waals surface area contributed by atoms with Gasteiger partial charge in [-0.2, -0.15) is 0 Å². The molecule has 248 valence electrons. The molecule has 0 saturated heterocycles. The highest BCUT2D eigenvalue weighted by atomic mass is 15.1. The van der Waals surface area contributed by atoms with Crippen LogP contribution in [0, 0.1) is 0 Å². The first-order valence-electron chi connectivity index (χ1n) is 18.3. The summed E-state index contributed by atoms with van der Waals surface area (Å²) >= 11 is 0. The maximum absolute atomic E-state index is 2.42. The van der Waals surface area contributed by atoms with Crippen molar-refractivity contribution in [2.75, 3.05) is 4.90 Å². The number of fused-ring (bicyclic) bond motifs is 6. The molecule has 0 spiro atoms. The third-order valence-corrected chi connectivity index (χ3v) is 10.6. The molecule has 1 heteroatoms. The molecule has 0 atom stereocenters. The van der Waals surface area contributed by atoms with Crippen LogP contribution in [0.3, 0.4) is 0 Å². The summed E-state index contributed by atoms with van der Waals surface area (Å²) in [5.41, 5.74) is 10.7. The Bertz CT molecular complexity index is 2920. The molecular weight excluding hydrogens is 639 g/mol. The molecular formula is C52H35N. The van der Waals surface area contributed by atoms with Crippen molar-refractivity contribution in [3.8, 4) is 33.4 Å². The van der Waals surface area contributed by atoms with E-state index in [1.807, 2.05) is 0 Å². The van der Waals surface area contributed by atoms with Gasteiger partial charge in [0, 0.05) is 16.8 Å². The van der Waals surface area contributed by atoms with Crippen molar-refractivity contribution < 1.29 is 0 Å². The van der Waals surface area contributed by atoms with Gasteiger partial charge in [-0.1, -0.05) is 170 Å². The van der Waals surface area contributed by atoms with Gasteiger partial charge >= 0.3 is 0 Å². The SMILES string of the molecule is c1ccc(-c2cccc(-c3ccc(N(c4ccc(-c5cc6ccccc6c6ccccc56)cc4)c4cc5ccccc5c5ccccc45)cc3)c2)cc1. The van der Waals surface area contributed by atoms with E-state index in [4.69, 9.17) is 0 Å². The van der Waals surface area contributed by atoms with Crippen LogP contribution in [0.5, 0.6) is 0 Å². The minimum atomic E-state index is 1.11. The molecule has 0 saturated carbocycles. The van der Waals surface area contributed by atoms with E-state index in [-0.39, 0.29) is 0 Å². The fraction of sp³-hybridized carbons (Fsp3) is 0. The summed E-state index contributed by atoms with van der Waals surface area (Å²) in [6, 6.07) is 77.2. The summed E-state index contributed by atoms with van der Waals surface area (Å²) in [6.45, 7) is 0. The first-order chi connectivity index (χ1) is 26.3. The molecule has 53 heavy (non-hydrogen) atoms. The first-order valence-corrected chi connectivity index (χ1v) is 18.3. The maximum atomic E-state index is 2.42. The Morgan fingerprint density at radius 1 is 0.245 bits per heavy atom. The van der Waals surface area contributed by atoms with Crippen LogP contribution in [0.4, 0.5) is 17.1 Å². The van der Waals surface area contributed by atoms with Crippen LogP contribution < -0.4 is 4.90 Å². The van der Waals surface area contributed by atoms with Crippen molar-refractivity contribution in [3.05, 3.63) is 212 Å². The minimum absolute atomic E-state index is 1.11. The highest BCUT2D eigenvalue weighted by Gasteiger charge is 2.18. The second-order valence-electron chi connectivity index (χ2n) is 13.7. The van der Waals surface area contributed by atoms with E-state index >= 15 is 0 Å². The minimum Gasteiger partial charge on any atom is -0.310 e. The highest BCUT2D eigenvalue weighted by molar-refractivity contribution is 6.15. The first kappa shape index (κ1) is 30.8. The molecule has 0 fully saturated rings. The zero-order valence-corrected chi connectivity index (χ0v) is 29.2. The molecule has 10 aromatic carbocycles. The number of rotatable bonds is 6. The number of nitrogens with zero attached hydrogens (tertiary/aromatic N) is 1. The quantitative estimate of drug-likeness (QED) is 0.159. The van der Waals surface area contributed by atoms with Gasteiger partial charge in [-0.05, 0) is 114 Å². The number of hydrogen-bond donors (Lipinski definition) is 0. The molecule has 10 aromatic rings. The van der Waals surface area contributed by atoms with Crippen LogP contribution in [-0.4, -0.2) is 0 Å². The largest absolute Gasteiger partial charge is 0.310 e. The topological polar surface area (TPSA) is 3.24 Å². The van der Waals surface area contributed by atoms with Crippen molar-refractivity contribution in [1.29, 1.82) is 0 Å². The van der Waals surface area contributed by atoms with Gasteiger partial charge in [0.1, 0.15) is 0 Å². The molecule has 0 radical (unpaired) electrons. The Morgan fingerprint density at radius 2 is 0.679 bits per heavy atom. The molecule has 0 aliphatic heterocycles. The predicted molar refractivity (Wildman–Crippen MR) is 227 cm³/mol. The average molecular weight is 674 g/mol. The van der Waals surface area contributed by atoms with Crippen molar-refractivity contribution in [3.63, 3.8) is 0 Å². The molecule has 0 N–H and O–H groups in total. The Labute approximate surface area is 309 Å². The van der Waals surface area contributed by atoms with Gasteiger partial charge < -0.3 is 4.90 Å². The van der Waals surface area contributed by atoms with Crippen molar-refractivity contribution >= 4 is 60.2 Å². The van der Waals surface area contributed by atoms with Gasteiger partial charge in [0.05, 0.1) is 5.69 Å². The molecule has 0 aliphatic rings. The molecule has 0 heterocycles. The summed E-state index contributed by atoms with van der Waals surface area (Å²) in [5.74, 6) is 0. The molecule has 0 amide bonds. The van der Waals surface area contributed by atoms with E-state index in [1.54, 1.807) is 0 Å². The third kappa shape index (κ3) is 5.51. The fourth-order valence-electron chi connectivity index (χ4n) is 8.04. The van der Waals surface area contributed by atoms with Crippen LogP contribution in [0.25, 0.3) is 76.5 Å². The van der Waals surface area contributed by atoms with Gasteiger partial charge in [0.15, 0.2) is 0 Å². The number of benzene rings is 10. The fourth-order valence-corrected chi connectivity index (χ4v) is 8.04. The second kappa shape index (κ2) is 13.0. The molecule has 0 aromatic heterocycles. The van der Waals surface area contributed by atoms with Gasteiger partial charge in [0.25, 0.3) is 0 Å². The van der Waals surface area contributed by atoms with E-state index in [9.17, 15) is 0 Å². The van der Waals surface area contributed by atoms with Crippen molar-refractivity contribution in [2.45, 2.75) is 0 Å². The van der Waals surface area contributed by atoms with E-state index in [0.29, 0.717) is 0 Å². The summed E-state index contributed by atoms with van der Waals surface area (Å²) < 4.78 is 0. The Kier molecular flexibility index (Phi) is 7.55. The monoisotopic (exact) mass is 673 g/mol. The lowest BCUT2D eigenvalue weighted by molar-refractivity contribution is 1.30. The van der Waals surface area contributed by atoms with E-state index in [0.717, 1.165) is 17.1 Å². The Morgan fingerprint density at radius 3 is 1.30 bits per heavy atom. The lowest BCUT2D eigenvalue weighted by atomic mass is 9.93. The Hall–Kier alpha value is -6.96. The van der Waals surface area contributed by atoms with E-state index in [1.165, 1.54) is 76.5 Å². The molecule has 10 rings (SSSR count). The van der Waals surface area contributed by atoms with Crippen LogP contribution in [0.15, 0.2) is 212 Å². The van der Waals surface area contributed by atoms with Gasteiger partial charge in [-0.25, -0.2) is 0 Å². The van der Waals surface area contributed by atoms with Crippen LogP contribution in [0.2, 0.25) is 0 Å². The van der Waals surface area contributed by atoms with E-state index in [2.05, 4.69) is 217 Å². The van der Waals surface area contributed by atoms with Crippen molar-refractivity contribution in [2.24, 2.45) is 0 Å². The zero-order chi connectivity index (χ0) is 35.1. The smallest absolute Gasteiger partial charge is 0.0546 e. The van der Waals surface area contributed by atoms with Crippen molar-refractivity contribution in [1.82, 2.24) is 0 Å². The summed E-state index contributed by atoms with van der Waals surface area (Å²) in [5, 5.41) is 10.0. The molecule has 0 unspecified atom stereocenters. The normalized spacial score (nSPS) is 11.4. The highest BCUT2D eigenvalue weighted by Crippen LogP contribution is 2.43.